The van der Waals surface area contributed by atoms with Crippen LogP contribution in [0.2, 0.25) is 0 Å². The number of methoxy groups -OCH3 is 1. The number of likely N-dealkylation sites (tertiary alicyclic amines) is 1. The smallest absolute Gasteiger partial charge is 0.213 e. The van der Waals surface area contributed by atoms with Crippen molar-refractivity contribution in [3.8, 4) is 11.5 Å². The molecule has 12 heteroatoms. The maximum Gasteiger partial charge on any atom is 0.213 e. The van der Waals surface area contributed by atoms with E-state index >= 15 is 4.39 Å². The van der Waals surface area contributed by atoms with Crippen LogP contribution in [0.3, 0.4) is 0 Å². The summed E-state index contributed by atoms with van der Waals surface area (Å²) < 4.78 is 68.9. The van der Waals surface area contributed by atoms with Crippen molar-refractivity contribution in [1.82, 2.24) is 19.7 Å². The third kappa shape index (κ3) is 6.54. The van der Waals surface area contributed by atoms with Crippen LogP contribution in [0.5, 0.6) is 11.5 Å². The van der Waals surface area contributed by atoms with Gasteiger partial charge in [0.25, 0.3) is 0 Å². The fourth-order valence-corrected chi connectivity index (χ4v) is 8.91. The monoisotopic (exact) mass is 657 g/mol. The van der Waals surface area contributed by atoms with E-state index in [-0.39, 0.29) is 17.3 Å². The Labute approximate surface area is 271 Å². The Balaban J connectivity index is 1.23. The predicted molar refractivity (Wildman–Crippen MR) is 175 cm³/mol. The summed E-state index contributed by atoms with van der Waals surface area (Å²) in [7, 11) is -2.96. The number of halogens is 2. The molecule has 0 aliphatic carbocycles. The number of hydrogen-bond donors (Lipinski definition) is 0. The molecule has 0 unspecified atom stereocenters. The summed E-state index contributed by atoms with van der Waals surface area (Å²) in [4.78, 5) is 13.4. The van der Waals surface area contributed by atoms with Gasteiger partial charge in [-0.3, -0.25) is 14.8 Å². The highest BCUT2D eigenvalue weighted by molar-refractivity contribution is 7.91. The van der Waals surface area contributed by atoms with E-state index in [0.29, 0.717) is 53.6 Å². The lowest BCUT2D eigenvalue weighted by atomic mass is 9.99. The number of benzene rings is 2. The second-order valence-corrected chi connectivity index (χ2v) is 14.3. The number of sulfone groups is 1. The third-order valence-corrected chi connectivity index (χ3v) is 11.8. The highest BCUT2D eigenvalue weighted by Crippen LogP contribution is 2.40. The largest absolute Gasteiger partial charge is 0.497 e. The molecule has 46 heavy (non-hydrogen) atoms. The minimum atomic E-state index is -4.51. The molecule has 3 aliphatic rings. The van der Waals surface area contributed by atoms with E-state index in [9.17, 15) is 12.8 Å². The van der Waals surface area contributed by atoms with Crippen LogP contribution in [0.15, 0.2) is 46.3 Å². The van der Waals surface area contributed by atoms with Crippen LogP contribution in [-0.2, 0) is 9.84 Å². The number of anilines is 1. The minimum absolute atomic E-state index is 0.118. The summed E-state index contributed by atoms with van der Waals surface area (Å²) in [6.45, 7) is 13.0. The second-order valence-electron chi connectivity index (χ2n) is 12.5. The van der Waals surface area contributed by atoms with Gasteiger partial charge in [0.1, 0.15) is 21.4 Å². The van der Waals surface area contributed by atoms with Crippen LogP contribution >= 0.6 is 0 Å². The fraction of sp³-hybridized carbons (Fsp3) is 0.559. The first-order valence-electron chi connectivity index (χ1n) is 16.5. The maximum absolute atomic E-state index is 15.3. The van der Waals surface area contributed by atoms with E-state index in [1.807, 2.05) is 0 Å². The molecule has 3 saturated heterocycles. The highest BCUT2D eigenvalue weighted by Gasteiger charge is 2.35. The summed E-state index contributed by atoms with van der Waals surface area (Å²) in [6, 6.07) is 7.90. The van der Waals surface area contributed by atoms with Crippen molar-refractivity contribution in [3.63, 3.8) is 0 Å². The van der Waals surface area contributed by atoms with Crippen molar-refractivity contribution in [2.45, 2.75) is 61.4 Å². The van der Waals surface area contributed by atoms with Crippen LogP contribution in [0.4, 0.5) is 14.5 Å². The molecule has 0 atom stereocenters. The first-order valence-corrected chi connectivity index (χ1v) is 18.0. The Hall–Kier alpha value is -3.06. The SMILES string of the molecule is CCOc1cc(F)c(S(=O)(=O)c2cnc3ccc(OC)cc3c2N2CCC(N3CCN(C4CCN(CC)CC4)CC3)CC2)cc1F. The van der Waals surface area contributed by atoms with Gasteiger partial charge in [-0.1, -0.05) is 6.92 Å². The summed E-state index contributed by atoms with van der Waals surface area (Å²) in [6.07, 6.45) is 5.50. The molecule has 0 amide bonds. The van der Waals surface area contributed by atoms with Crippen LogP contribution in [0, 0.1) is 11.6 Å². The molecule has 6 rings (SSSR count). The molecule has 0 saturated carbocycles. The van der Waals surface area contributed by atoms with Crippen molar-refractivity contribution in [2.24, 2.45) is 0 Å². The van der Waals surface area contributed by atoms with Crippen LogP contribution in [0.25, 0.3) is 10.9 Å². The number of aromatic nitrogens is 1. The zero-order valence-electron chi connectivity index (χ0n) is 27.1. The second kappa shape index (κ2) is 14.0. The topological polar surface area (TPSA) is 78.4 Å². The van der Waals surface area contributed by atoms with Gasteiger partial charge in [-0.15, -0.1) is 0 Å². The average Bonchev–Trinajstić information content (AvgIpc) is 3.09. The number of ether oxygens (including phenoxy) is 2. The van der Waals surface area contributed by atoms with E-state index in [2.05, 4.69) is 31.5 Å². The quantitative estimate of drug-likeness (QED) is 0.322. The zero-order valence-corrected chi connectivity index (χ0v) is 27.9. The number of rotatable bonds is 9. The van der Waals surface area contributed by atoms with Crippen molar-refractivity contribution in [2.75, 3.05) is 77.5 Å². The van der Waals surface area contributed by atoms with Gasteiger partial charge in [0.2, 0.25) is 9.84 Å². The van der Waals surface area contributed by atoms with Crippen molar-refractivity contribution < 1.29 is 26.7 Å². The number of pyridine rings is 1. The molecule has 3 aromatic rings. The lowest BCUT2D eigenvalue weighted by molar-refractivity contribution is 0.0384. The van der Waals surface area contributed by atoms with Crippen LogP contribution in [-0.4, -0.2) is 113 Å². The molecule has 3 fully saturated rings. The van der Waals surface area contributed by atoms with Gasteiger partial charge >= 0.3 is 0 Å². The lowest BCUT2D eigenvalue weighted by Crippen LogP contribution is -2.56. The van der Waals surface area contributed by atoms with E-state index < -0.39 is 26.4 Å². The molecule has 4 heterocycles. The van der Waals surface area contributed by atoms with Gasteiger partial charge in [-0.05, 0) is 76.5 Å². The number of piperidine rings is 2. The molecular weight excluding hydrogens is 612 g/mol. The first kappa shape index (κ1) is 32.9. The molecule has 1 aromatic heterocycles. The number of hydrogen-bond acceptors (Lipinski definition) is 9. The van der Waals surface area contributed by atoms with Crippen LogP contribution < -0.4 is 14.4 Å². The van der Waals surface area contributed by atoms with Crippen molar-refractivity contribution in [3.05, 3.63) is 48.2 Å². The summed E-state index contributed by atoms with van der Waals surface area (Å²) in [5.74, 6) is -1.79. The molecule has 0 radical (unpaired) electrons. The molecule has 250 valence electrons. The van der Waals surface area contributed by atoms with Gasteiger partial charge in [0, 0.05) is 69.0 Å². The third-order valence-electron chi connectivity index (χ3n) is 10.0. The van der Waals surface area contributed by atoms with Gasteiger partial charge < -0.3 is 19.3 Å². The van der Waals surface area contributed by atoms with Crippen molar-refractivity contribution >= 4 is 26.4 Å². The first-order chi connectivity index (χ1) is 22.2. The van der Waals surface area contributed by atoms with Crippen molar-refractivity contribution in [1.29, 1.82) is 0 Å². The number of nitrogens with zero attached hydrogens (tertiary/aromatic N) is 5. The summed E-state index contributed by atoms with van der Waals surface area (Å²) in [5.41, 5.74) is 1.04. The molecule has 0 N–H and O–H groups in total. The summed E-state index contributed by atoms with van der Waals surface area (Å²) >= 11 is 0. The summed E-state index contributed by atoms with van der Waals surface area (Å²) in [5, 5.41) is 0.591. The lowest BCUT2D eigenvalue weighted by Gasteiger charge is -2.46. The van der Waals surface area contributed by atoms with Gasteiger partial charge in [-0.2, -0.15) is 0 Å². The Morgan fingerprint density at radius 3 is 2.04 bits per heavy atom. The van der Waals surface area contributed by atoms with E-state index in [1.165, 1.54) is 32.1 Å². The number of fused-ring (bicyclic) bond motifs is 1. The number of piperazine rings is 1. The van der Waals surface area contributed by atoms with Crippen LogP contribution in [0.1, 0.15) is 39.5 Å². The molecule has 3 aliphatic heterocycles. The molecule has 0 spiro atoms. The Morgan fingerprint density at radius 1 is 0.826 bits per heavy atom. The highest BCUT2D eigenvalue weighted by atomic mass is 32.2. The molecule has 2 aromatic carbocycles. The molecule has 0 bridgehead atoms. The Morgan fingerprint density at radius 2 is 1.46 bits per heavy atom. The molecule has 9 nitrogen and oxygen atoms in total. The van der Waals surface area contributed by atoms with Gasteiger partial charge in [0.05, 0.1) is 24.9 Å². The Kier molecular flexibility index (Phi) is 9.98. The van der Waals surface area contributed by atoms with Gasteiger partial charge in [0.15, 0.2) is 11.6 Å². The minimum Gasteiger partial charge on any atom is -0.497 e. The fourth-order valence-electron chi connectivity index (χ4n) is 7.41. The van der Waals surface area contributed by atoms with E-state index in [0.717, 1.165) is 51.6 Å². The molecular formula is C34H45F2N5O4S. The van der Waals surface area contributed by atoms with E-state index in [1.54, 1.807) is 32.2 Å². The van der Waals surface area contributed by atoms with Gasteiger partial charge in [-0.25, -0.2) is 17.2 Å². The predicted octanol–water partition coefficient (Wildman–Crippen LogP) is 4.82. The zero-order chi connectivity index (χ0) is 32.4. The normalized spacial score (nSPS) is 20.0. The Bertz CT molecular complexity index is 1630. The maximum atomic E-state index is 15.3. The average molecular weight is 658 g/mol. The van der Waals surface area contributed by atoms with E-state index in [4.69, 9.17) is 9.47 Å². The standard InChI is InChI=1S/C34H45F2N5O4S/c1-4-38-12-8-24(9-13-38)39-16-18-40(19-17-39)25-10-14-41(15-11-25)34-27-20-26(44-3)6-7-30(27)37-23-33(34)46(42,43)32-22-28(35)31(45-5-2)21-29(32)36/h6-7,20-25H,4-5,8-19H2,1-3H3.